The minimum Gasteiger partial charge on any atom is -0.335 e. The summed E-state index contributed by atoms with van der Waals surface area (Å²) in [7, 11) is 4.08. The van der Waals surface area contributed by atoms with E-state index in [1.54, 1.807) is 6.33 Å². The van der Waals surface area contributed by atoms with Crippen molar-refractivity contribution in [3.8, 4) is 0 Å². The van der Waals surface area contributed by atoms with Crippen LogP contribution in [0.3, 0.4) is 0 Å². The van der Waals surface area contributed by atoms with Gasteiger partial charge in [0.15, 0.2) is 5.82 Å². The van der Waals surface area contributed by atoms with Gasteiger partial charge in [-0.05, 0) is 39.4 Å². The molecule has 0 fully saturated rings. The number of hydrogen-bond donors (Lipinski definition) is 2. The molecule has 0 saturated heterocycles. The molecule has 0 saturated carbocycles. The van der Waals surface area contributed by atoms with E-state index in [0.717, 1.165) is 25.3 Å². The third kappa shape index (κ3) is 6.01. The van der Waals surface area contributed by atoms with Gasteiger partial charge in [0, 0.05) is 12.6 Å². The van der Waals surface area contributed by atoms with E-state index in [1.165, 1.54) is 0 Å². The van der Waals surface area contributed by atoms with Crippen LogP contribution in [0.4, 0.5) is 4.79 Å². The van der Waals surface area contributed by atoms with Crippen LogP contribution >= 0.6 is 0 Å². The number of hydrogen-bond acceptors (Lipinski definition) is 4. The third-order valence-corrected chi connectivity index (χ3v) is 3.66. The molecule has 1 aromatic heterocycles. The van der Waals surface area contributed by atoms with E-state index >= 15 is 0 Å². The van der Waals surface area contributed by atoms with E-state index < -0.39 is 0 Å². The van der Waals surface area contributed by atoms with Gasteiger partial charge in [0.05, 0.1) is 6.54 Å². The van der Waals surface area contributed by atoms with Crippen molar-refractivity contribution < 1.29 is 4.79 Å². The Bertz CT molecular complexity index is 463. The van der Waals surface area contributed by atoms with Gasteiger partial charge in [-0.1, -0.05) is 20.8 Å². The normalized spacial score (nSPS) is 13.2. The largest absolute Gasteiger partial charge is 0.335 e. The summed E-state index contributed by atoms with van der Waals surface area (Å²) in [6, 6.07) is -0.0525. The Labute approximate surface area is 133 Å². The van der Waals surface area contributed by atoms with E-state index in [9.17, 15) is 4.79 Å². The zero-order valence-electron chi connectivity index (χ0n) is 14.7. The Kier molecular flexibility index (Phi) is 6.80. The molecule has 126 valence electrons. The number of urea groups is 1. The highest BCUT2D eigenvalue weighted by Crippen LogP contribution is 2.21. The highest BCUT2D eigenvalue weighted by Gasteiger charge is 2.26. The number of amides is 2. The molecule has 0 aliphatic carbocycles. The van der Waals surface area contributed by atoms with Crippen LogP contribution < -0.4 is 10.6 Å². The molecule has 1 atom stereocenters. The van der Waals surface area contributed by atoms with Crippen LogP contribution in [0, 0.1) is 5.41 Å². The van der Waals surface area contributed by atoms with Crippen LogP contribution in [0.1, 0.15) is 39.9 Å². The monoisotopic (exact) mass is 310 g/mol. The van der Waals surface area contributed by atoms with Gasteiger partial charge in [-0.25, -0.2) is 4.79 Å². The summed E-state index contributed by atoms with van der Waals surface area (Å²) in [6.45, 7) is 10.5. The third-order valence-electron chi connectivity index (χ3n) is 3.66. The lowest BCUT2D eigenvalue weighted by molar-refractivity contribution is 0.206. The summed E-state index contributed by atoms with van der Waals surface area (Å²) in [6.07, 6.45) is 2.58. The fourth-order valence-corrected chi connectivity index (χ4v) is 2.16. The van der Waals surface area contributed by atoms with Crippen molar-refractivity contribution in [2.45, 2.75) is 53.2 Å². The van der Waals surface area contributed by atoms with Crippen molar-refractivity contribution in [3.63, 3.8) is 0 Å². The van der Waals surface area contributed by atoms with Crippen LogP contribution in [-0.4, -0.2) is 52.4 Å². The van der Waals surface area contributed by atoms with Gasteiger partial charge in [0.2, 0.25) is 0 Å². The molecular formula is C15H30N6O. The Balaban J connectivity index is 2.52. The highest BCUT2D eigenvalue weighted by atomic mass is 16.2. The molecule has 2 N–H and O–H groups in total. The maximum Gasteiger partial charge on any atom is 0.315 e. The van der Waals surface area contributed by atoms with Crippen molar-refractivity contribution in [2.75, 3.05) is 20.6 Å². The summed E-state index contributed by atoms with van der Waals surface area (Å²) in [5, 5.41) is 13.8. The fourth-order valence-electron chi connectivity index (χ4n) is 2.16. The van der Waals surface area contributed by atoms with E-state index in [4.69, 9.17) is 0 Å². The molecular weight excluding hydrogens is 280 g/mol. The summed E-state index contributed by atoms with van der Waals surface area (Å²) in [5.41, 5.74) is 0.0107. The van der Waals surface area contributed by atoms with Crippen LogP contribution in [0.5, 0.6) is 0 Å². The Morgan fingerprint density at radius 2 is 2.09 bits per heavy atom. The van der Waals surface area contributed by atoms with Crippen LogP contribution in [0.25, 0.3) is 0 Å². The predicted molar refractivity (Wildman–Crippen MR) is 87.5 cm³/mol. The average molecular weight is 310 g/mol. The molecule has 1 aromatic rings. The first-order valence-corrected chi connectivity index (χ1v) is 7.79. The predicted octanol–water partition coefficient (Wildman–Crippen LogP) is 1.46. The summed E-state index contributed by atoms with van der Waals surface area (Å²) < 4.78 is 1.91. The molecule has 0 bridgehead atoms. The molecule has 0 unspecified atom stereocenters. The van der Waals surface area contributed by atoms with Crippen molar-refractivity contribution >= 4 is 6.03 Å². The number of rotatable bonds is 7. The lowest BCUT2D eigenvalue weighted by Gasteiger charge is -2.32. The Hall–Kier alpha value is -1.63. The minimum atomic E-state index is -0.163. The van der Waals surface area contributed by atoms with Crippen molar-refractivity contribution in [3.05, 3.63) is 12.2 Å². The standard InChI is InChI=1S/C15H30N6O/c1-7-21-11-17-19-13(21)10-16-14(22)18-12(15(2,3)4)8-9-20(5)6/h11-12H,7-10H2,1-6H3,(H2,16,18,22)/t12-/m0/s1. The van der Waals surface area contributed by atoms with Gasteiger partial charge in [0.1, 0.15) is 6.33 Å². The second-order valence-electron chi connectivity index (χ2n) is 6.87. The summed E-state index contributed by atoms with van der Waals surface area (Å²) in [4.78, 5) is 14.3. The molecule has 1 heterocycles. The Morgan fingerprint density at radius 3 is 2.64 bits per heavy atom. The van der Waals surface area contributed by atoms with E-state index in [1.807, 2.05) is 25.6 Å². The fraction of sp³-hybridized carbons (Fsp3) is 0.800. The van der Waals surface area contributed by atoms with Gasteiger partial charge in [-0.15, -0.1) is 10.2 Å². The number of carbonyl (C=O) groups excluding carboxylic acids is 1. The van der Waals surface area contributed by atoms with Gasteiger partial charge in [-0.3, -0.25) is 0 Å². The number of nitrogens with zero attached hydrogens (tertiary/aromatic N) is 4. The Morgan fingerprint density at radius 1 is 1.41 bits per heavy atom. The van der Waals surface area contributed by atoms with Crippen LogP contribution in [-0.2, 0) is 13.1 Å². The second kappa shape index (κ2) is 8.12. The quantitative estimate of drug-likeness (QED) is 0.799. The smallest absolute Gasteiger partial charge is 0.315 e. The topological polar surface area (TPSA) is 75.1 Å². The van der Waals surface area contributed by atoms with Crippen LogP contribution in [0.15, 0.2) is 6.33 Å². The maximum absolute atomic E-state index is 12.1. The molecule has 1 rings (SSSR count). The average Bonchev–Trinajstić information content (AvgIpc) is 2.87. The molecule has 0 aliphatic heterocycles. The second-order valence-corrected chi connectivity index (χ2v) is 6.87. The first-order chi connectivity index (χ1) is 10.2. The lowest BCUT2D eigenvalue weighted by atomic mass is 9.85. The minimum absolute atomic E-state index is 0.0107. The molecule has 0 aromatic carbocycles. The first kappa shape index (κ1) is 18.4. The van der Waals surface area contributed by atoms with Crippen molar-refractivity contribution in [1.29, 1.82) is 0 Å². The molecule has 0 aliphatic rings. The van der Waals surface area contributed by atoms with Crippen molar-refractivity contribution in [1.82, 2.24) is 30.3 Å². The zero-order valence-corrected chi connectivity index (χ0v) is 14.7. The molecule has 22 heavy (non-hydrogen) atoms. The summed E-state index contributed by atoms with van der Waals surface area (Å²) in [5.74, 6) is 0.762. The molecule has 7 nitrogen and oxygen atoms in total. The van der Waals surface area contributed by atoms with Gasteiger partial charge in [0.25, 0.3) is 0 Å². The van der Waals surface area contributed by atoms with E-state index in [-0.39, 0.29) is 17.5 Å². The number of nitrogens with one attached hydrogen (secondary N) is 2. The SMILES string of the molecule is CCn1cnnc1CNC(=O)N[C@@H](CCN(C)C)C(C)(C)C. The summed E-state index contributed by atoms with van der Waals surface area (Å²) >= 11 is 0. The molecule has 2 amide bonds. The number of aryl methyl sites for hydroxylation is 1. The van der Waals surface area contributed by atoms with Gasteiger partial charge >= 0.3 is 6.03 Å². The van der Waals surface area contributed by atoms with Gasteiger partial charge in [-0.2, -0.15) is 0 Å². The number of aromatic nitrogens is 3. The lowest BCUT2D eigenvalue weighted by Crippen LogP contribution is -2.49. The number of carbonyl (C=O) groups is 1. The van der Waals surface area contributed by atoms with Crippen LogP contribution in [0.2, 0.25) is 0 Å². The molecule has 0 spiro atoms. The van der Waals surface area contributed by atoms with E-state index in [0.29, 0.717) is 6.54 Å². The molecule has 7 heteroatoms. The van der Waals surface area contributed by atoms with Crippen molar-refractivity contribution in [2.24, 2.45) is 5.41 Å². The highest BCUT2D eigenvalue weighted by molar-refractivity contribution is 5.74. The maximum atomic E-state index is 12.1. The first-order valence-electron chi connectivity index (χ1n) is 7.79. The van der Waals surface area contributed by atoms with Gasteiger partial charge < -0.3 is 20.1 Å². The van der Waals surface area contributed by atoms with E-state index in [2.05, 4.69) is 46.5 Å². The zero-order chi connectivity index (χ0) is 16.8. The molecule has 0 radical (unpaired) electrons.